The van der Waals surface area contributed by atoms with Crippen molar-refractivity contribution in [1.29, 1.82) is 0 Å². The average Bonchev–Trinajstić information content (AvgIpc) is 2.89. The molecule has 24 heavy (non-hydrogen) atoms. The van der Waals surface area contributed by atoms with Crippen molar-refractivity contribution in [3.05, 3.63) is 39.5 Å². The first-order valence-electron chi connectivity index (χ1n) is 6.56. The predicted molar refractivity (Wildman–Crippen MR) is 81.1 cm³/mol. The van der Waals surface area contributed by atoms with E-state index in [-0.39, 0.29) is 33.8 Å². The molecule has 0 aliphatic carbocycles. The zero-order valence-corrected chi connectivity index (χ0v) is 14.0. The number of rotatable bonds is 4. The van der Waals surface area contributed by atoms with Crippen molar-refractivity contribution in [3.63, 3.8) is 0 Å². The van der Waals surface area contributed by atoms with Gasteiger partial charge in [0.2, 0.25) is 5.88 Å². The van der Waals surface area contributed by atoms with Crippen LogP contribution >= 0.6 is 23.2 Å². The second kappa shape index (κ2) is 6.90. The molecule has 1 heterocycles. The first kappa shape index (κ1) is 18.4. The molecule has 0 N–H and O–H groups in total. The highest BCUT2D eigenvalue weighted by Crippen LogP contribution is 2.37. The Hall–Kier alpha value is -1.93. The normalized spacial score (nSPS) is 11.5. The highest BCUT2D eigenvalue weighted by atomic mass is 35.5. The fourth-order valence-corrected chi connectivity index (χ4v) is 2.58. The number of carbonyl (C=O) groups is 1. The number of alkyl halides is 3. The van der Waals surface area contributed by atoms with Gasteiger partial charge in [-0.1, -0.05) is 23.2 Å². The van der Waals surface area contributed by atoms with Crippen LogP contribution in [0.15, 0.2) is 18.3 Å². The van der Waals surface area contributed by atoms with E-state index in [2.05, 4.69) is 5.10 Å². The molecule has 0 unspecified atom stereocenters. The predicted octanol–water partition coefficient (Wildman–Crippen LogP) is 4.38. The zero-order chi connectivity index (χ0) is 18.1. The van der Waals surface area contributed by atoms with E-state index in [1.807, 2.05) is 0 Å². The molecule has 0 saturated carbocycles. The Morgan fingerprint density at radius 2 is 1.88 bits per heavy atom. The molecular formula is C14H11Cl2F3N2O3. The molecule has 1 aromatic carbocycles. The smallest absolute Gasteiger partial charge is 0.416 e. The molecular weight excluding hydrogens is 372 g/mol. The van der Waals surface area contributed by atoms with Crippen LogP contribution in [0.5, 0.6) is 5.88 Å². The molecule has 1 aromatic heterocycles. The van der Waals surface area contributed by atoms with Gasteiger partial charge in [0.05, 0.1) is 29.3 Å². The second-order valence-electron chi connectivity index (χ2n) is 4.50. The van der Waals surface area contributed by atoms with Crippen LogP contribution in [0.4, 0.5) is 13.2 Å². The maximum absolute atomic E-state index is 12.8. The Morgan fingerprint density at radius 3 is 2.33 bits per heavy atom. The summed E-state index contributed by atoms with van der Waals surface area (Å²) in [4.78, 5) is 11.9. The van der Waals surface area contributed by atoms with Crippen LogP contribution in [0.3, 0.4) is 0 Å². The Balaban J connectivity index is 2.55. The molecule has 0 saturated heterocycles. The van der Waals surface area contributed by atoms with Gasteiger partial charge in [-0.2, -0.15) is 13.2 Å². The largest absolute Gasteiger partial charge is 0.479 e. The minimum absolute atomic E-state index is 0.00798. The number of methoxy groups -OCH3 is 1. The second-order valence-corrected chi connectivity index (χ2v) is 5.32. The van der Waals surface area contributed by atoms with E-state index in [0.29, 0.717) is 0 Å². The molecule has 5 nitrogen and oxygen atoms in total. The van der Waals surface area contributed by atoms with Gasteiger partial charge in [0.1, 0.15) is 11.3 Å². The first-order chi connectivity index (χ1) is 11.2. The summed E-state index contributed by atoms with van der Waals surface area (Å²) in [7, 11) is 1.28. The highest BCUT2D eigenvalue weighted by molar-refractivity contribution is 6.37. The molecule has 0 spiro atoms. The third-order valence-electron chi connectivity index (χ3n) is 2.94. The molecule has 0 bridgehead atoms. The fraction of sp³-hybridized carbons (Fsp3) is 0.286. The quantitative estimate of drug-likeness (QED) is 0.736. The summed E-state index contributed by atoms with van der Waals surface area (Å²) in [5, 5.41) is 3.40. The maximum atomic E-state index is 12.8. The van der Waals surface area contributed by atoms with Crippen LogP contribution in [0.25, 0.3) is 5.69 Å². The van der Waals surface area contributed by atoms with Crippen LogP contribution in [0.1, 0.15) is 22.8 Å². The summed E-state index contributed by atoms with van der Waals surface area (Å²) in [5.41, 5.74) is -1.02. The molecule has 0 atom stereocenters. The Morgan fingerprint density at radius 1 is 1.29 bits per heavy atom. The Kier molecular flexibility index (Phi) is 5.29. The number of nitrogens with zero attached hydrogens (tertiary/aromatic N) is 2. The fourth-order valence-electron chi connectivity index (χ4n) is 1.92. The SMILES string of the molecule is CCOC(=O)c1cn(-c2c(Cl)cc(C(F)(F)F)cc2Cl)nc1OC. The summed E-state index contributed by atoms with van der Waals surface area (Å²) in [6.45, 7) is 1.76. The summed E-state index contributed by atoms with van der Waals surface area (Å²) in [6, 6.07) is 1.45. The standard InChI is InChI=1S/C14H11Cl2F3N2O3/c1-3-24-13(22)8-6-21(20-12(8)23-2)11-9(15)4-7(5-10(11)16)14(17,18)19/h4-6H,3H2,1-2H3. The van der Waals surface area contributed by atoms with Gasteiger partial charge in [0, 0.05) is 6.20 Å². The van der Waals surface area contributed by atoms with Crippen molar-refractivity contribution in [1.82, 2.24) is 9.78 Å². The van der Waals surface area contributed by atoms with E-state index in [9.17, 15) is 18.0 Å². The van der Waals surface area contributed by atoms with Crippen molar-refractivity contribution in [3.8, 4) is 11.6 Å². The highest BCUT2D eigenvalue weighted by Gasteiger charge is 2.32. The minimum atomic E-state index is -4.59. The molecule has 130 valence electrons. The van der Waals surface area contributed by atoms with E-state index in [1.54, 1.807) is 6.92 Å². The molecule has 0 aliphatic rings. The molecule has 10 heteroatoms. The van der Waals surface area contributed by atoms with Gasteiger partial charge in [-0.25, -0.2) is 9.48 Å². The summed E-state index contributed by atoms with van der Waals surface area (Å²) in [5.74, 6) is -0.764. The van der Waals surface area contributed by atoms with Gasteiger partial charge in [0.15, 0.2) is 0 Å². The maximum Gasteiger partial charge on any atom is 0.416 e. The van der Waals surface area contributed by atoms with Crippen molar-refractivity contribution < 1.29 is 27.4 Å². The van der Waals surface area contributed by atoms with Crippen LogP contribution in [-0.4, -0.2) is 29.5 Å². The Bertz CT molecular complexity index is 752. The molecule has 0 amide bonds. The van der Waals surface area contributed by atoms with Crippen LogP contribution < -0.4 is 4.74 Å². The van der Waals surface area contributed by atoms with E-state index < -0.39 is 17.7 Å². The topological polar surface area (TPSA) is 53.4 Å². The number of ether oxygens (including phenoxy) is 2. The lowest BCUT2D eigenvalue weighted by Crippen LogP contribution is -2.07. The molecule has 0 fully saturated rings. The van der Waals surface area contributed by atoms with Gasteiger partial charge in [-0.05, 0) is 19.1 Å². The van der Waals surface area contributed by atoms with Crippen molar-refractivity contribution in [2.75, 3.05) is 13.7 Å². The van der Waals surface area contributed by atoms with Crippen LogP contribution in [0, 0.1) is 0 Å². The van der Waals surface area contributed by atoms with E-state index in [0.717, 1.165) is 16.8 Å². The number of carbonyl (C=O) groups excluding carboxylic acids is 1. The number of aromatic nitrogens is 2. The van der Waals surface area contributed by atoms with E-state index >= 15 is 0 Å². The monoisotopic (exact) mass is 382 g/mol. The number of hydrogen-bond donors (Lipinski definition) is 0. The number of halogens is 5. The molecule has 2 aromatic rings. The van der Waals surface area contributed by atoms with Gasteiger partial charge in [0.25, 0.3) is 0 Å². The lowest BCUT2D eigenvalue weighted by molar-refractivity contribution is -0.137. The van der Waals surface area contributed by atoms with Gasteiger partial charge in [-0.15, -0.1) is 5.10 Å². The van der Waals surface area contributed by atoms with Gasteiger partial charge in [-0.3, -0.25) is 0 Å². The number of hydrogen-bond acceptors (Lipinski definition) is 4. The molecule has 0 radical (unpaired) electrons. The zero-order valence-electron chi connectivity index (χ0n) is 12.4. The average molecular weight is 383 g/mol. The summed E-state index contributed by atoms with van der Waals surface area (Å²) >= 11 is 11.8. The van der Waals surface area contributed by atoms with E-state index in [1.165, 1.54) is 13.3 Å². The van der Waals surface area contributed by atoms with Crippen molar-refractivity contribution in [2.24, 2.45) is 0 Å². The van der Waals surface area contributed by atoms with Gasteiger partial charge < -0.3 is 9.47 Å². The third-order valence-corrected chi connectivity index (χ3v) is 3.52. The first-order valence-corrected chi connectivity index (χ1v) is 7.32. The molecule has 0 aliphatic heterocycles. The summed E-state index contributed by atoms with van der Waals surface area (Å²) in [6.07, 6.45) is -3.37. The number of benzene rings is 1. The van der Waals surface area contributed by atoms with Crippen molar-refractivity contribution in [2.45, 2.75) is 13.1 Å². The lowest BCUT2D eigenvalue weighted by Gasteiger charge is -2.12. The van der Waals surface area contributed by atoms with Crippen LogP contribution in [0.2, 0.25) is 10.0 Å². The van der Waals surface area contributed by atoms with Crippen LogP contribution in [-0.2, 0) is 10.9 Å². The van der Waals surface area contributed by atoms with Gasteiger partial charge >= 0.3 is 12.1 Å². The number of esters is 1. The molecule has 2 rings (SSSR count). The third kappa shape index (κ3) is 3.59. The van der Waals surface area contributed by atoms with E-state index in [4.69, 9.17) is 32.7 Å². The Labute approximate surface area is 144 Å². The summed E-state index contributed by atoms with van der Waals surface area (Å²) < 4.78 is 49.2. The minimum Gasteiger partial charge on any atom is -0.479 e. The van der Waals surface area contributed by atoms with Crippen molar-refractivity contribution >= 4 is 29.2 Å². The lowest BCUT2D eigenvalue weighted by atomic mass is 10.2.